The highest BCUT2D eigenvalue weighted by Gasteiger charge is 2.13. The van der Waals surface area contributed by atoms with Crippen molar-refractivity contribution in [3.8, 4) is 0 Å². The van der Waals surface area contributed by atoms with Gasteiger partial charge in [0.25, 0.3) is 0 Å². The maximum atomic E-state index is 11.9. The molecule has 0 N–H and O–H groups in total. The Balaban J connectivity index is 2.04. The number of hydrogen-bond donors (Lipinski definition) is 0. The zero-order valence-corrected chi connectivity index (χ0v) is 10.3. The van der Waals surface area contributed by atoms with Crippen LogP contribution in [0.5, 0.6) is 0 Å². The lowest BCUT2D eigenvalue weighted by Crippen LogP contribution is -2.00. The van der Waals surface area contributed by atoms with Crippen molar-refractivity contribution in [1.82, 2.24) is 0 Å². The third kappa shape index (κ3) is 2.71. The van der Waals surface area contributed by atoms with Gasteiger partial charge < -0.3 is 4.42 Å². The first-order valence-corrected chi connectivity index (χ1v) is 6.13. The van der Waals surface area contributed by atoms with Gasteiger partial charge in [-0.3, -0.25) is 9.59 Å². The van der Waals surface area contributed by atoms with Crippen LogP contribution in [-0.2, 0) is 6.42 Å². The lowest BCUT2D eigenvalue weighted by atomic mass is 10.1. The van der Waals surface area contributed by atoms with E-state index in [9.17, 15) is 9.59 Å². The molecule has 0 unspecified atom stereocenters. The van der Waals surface area contributed by atoms with Crippen LogP contribution in [0.1, 0.15) is 37.1 Å². The molecule has 0 aromatic carbocycles. The highest BCUT2D eigenvalue weighted by Crippen LogP contribution is 2.22. The second-order valence-corrected chi connectivity index (χ2v) is 5.03. The van der Waals surface area contributed by atoms with Crippen molar-refractivity contribution < 1.29 is 14.0 Å². The number of hydrogen-bond acceptors (Lipinski definition) is 4. The standard InChI is InChI=1S/C13H12O3S/c1-9-12(7-11(8-14)17-9)13(15)5-4-10-3-2-6-16-10/h2-3,6-8H,4-5H2,1H3. The molecule has 0 amide bonds. The molecule has 0 aliphatic rings. The van der Waals surface area contributed by atoms with Gasteiger partial charge in [0.05, 0.1) is 11.1 Å². The molecule has 2 heterocycles. The number of furan rings is 1. The van der Waals surface area contributed by atoms with E-state index >= 15 is 0 Å². The topological polar surface area (TPSA) is 47.3 Å². The molecule has 2 aromatic rings. The van der Waals surface area contributed by atoms with Crippen LogP contribution < -0.4 is 0 Å². The van der Waals surface area contributed by atoms with Crippen molar-refractivity contribution in [2.24, 2.45) is 0 Å². The molecule has 0 aliphatic carbocycles. The van der Waals surface area contributed by atoms with Crippen LogP contribution in [0.15, 0.2) is 28.9 Å². The second-order valence-electron chi connectivity index (χ2n) is 3.74. The van der Waals surface area contributed by atoms with E-state index in [2.05, 4.69) is 0 Å². The van der Waals surface area contributed by atoms with Gasteiger partial charge in [0.15, 0.2) is 12.1 Å². The molecular weight excluding hydrogens is 236 g/mol. The molecule has 3 nitrogen and oxygen atoms in total. The van der Waals surface area contributed by atoms with E-state index in [1.54, 1.807) is 18.4 Å². The van der Waals surface area contributed by atoms with Crippen molar-refractivity contribution in [2.45, 2.75) is 19.8 Å². The molecule has 2 aromatic heterocycles. The molecule has 0 radical (unpaired) electrons. The summed E-state index contributed by atoms with van der Waals surface area (Å²) in [4.78, 5) is 24.1. The van der Waals surface area contributed by atoms with Crippen molar-refractivity contribution in [3.05, 3.63) is 45.5 Å². The Bertz CT molecular complexity index is 523. The molecule has 0 atom stereocenters. The molecule has 0 aliphatic heterocycles. The van der Waals surface area contributed by atoms with E-state index in [0.29, 0.717) is 23.3 Å². The van der Waals surface area contributed by atoms with Crippen LogP contribution in [0.25, 0.3) is 0 Å². The SMILES string of the molecule is Cc1sc(C=O)cc1C(=O)CCc1ccco1. The van der Waals surface area contributed by atoms with Gasteiger partial charge in [0, 0.05) is 23.3 Å². The molecular formula is C13H12O3S. The fourth-order valence-electron chi connectivity index (χ4n) is 1.67. The molecule has 0 saturated carbocycles. The minimum atomic E-state index is 0.0586. The Morgan fingerprint density at radius 1 is 1.53 bits per heavy atom. The Morgan fingerprint density at radius 2 is 2.35 bits per heavy atom. The van der Waals surface area contributed by atoms with Gasteiger partial charge in [0.1, 0.15) is 5.76 Å². The van der Waals surface area contributed by atoms with Gasteiger partial charge in [-0.15, -0.1) is 11.3 Å². The number of ketones is 1. The highest BCUT2D eigenvalue weighted by atomic mass is 32.1. The summed E-state index contributed by atoms with van der Waals surface area (Å²) in [6, 6.07) is 5.32. The summed E-state index contributed by atoms with van der Waals surface area (Å²) in [6.07, 6.45) is 3.38. The monoisotopic (exact) mass is 248 g/mol. The molecule has 17 heavy (non-hydrogen) atoms. The predicted octanol–water partition coefficient (Wildman–Crippen LogP) is 3.28. The normalized spacial score (nSPS) is 10.4. The van der Waals surface area contributed by atoms with E-state index in [4.69, 9.17) is 4.42 Å². The third-order valence-electron chi connectivity index (χ3n) is 2.53. The molecule has 0 saturated heterocycles. The quantitative estimate of drug-likeness (QED) is 0.602. The summed E-state index contributed by atoms with van der Waals surface area (Å²) in [7, 11) is 0. The lowest BCUT2D eigenvalue weighted by molar-refractivity contribution is 0.0981. The number of aldehydes is 1. The van der Waals surface area contributed by atoms with Crippen molar-refractivity contribution in [1.29, 1.82) is 0 Å². The van der Waals surface area contributed by atoms with Crippen molar-refractivity contribution >= 4 is 23.4 Å². The first-order chi connectivity index (χ1) is 8.20. The van der Waals surface area contributed by atoms with Gasteiger partial charge in [-0.05, 0) is 25.1 Å². The van der Waals surface area contributed by atoms with E-state index in [1.807, 2.05) is 13.0 Å². The van der Waals surface area contributed by atoms with Gasteiger partial charge >= 0.3 is 0 Å². The number of carbonyl (C=O) groups excluding carboxylic acids is 2. The summed E-state index contributed by atoms with van der Waals surface area (Å²) < 4.78 is 5.17. The Kier molecular flexibility index (Phi) is 3.54. The van der Waals surface area contributed by atoms with Crippen molar-refractivity contribution in [3.63, 3.8) is 0 Å². The molecule has 0 fully saturated rings. The Labute approximate surface area is 103 Å². The summed E-state index contributed by atoms with van der Waals surface area (Å²) in [6.45, 7) is 1.86. The molecule has 4 heteroatoms. The Hall–Kier alpha value is -1.68. The summed E-state index contributed by atoms with van der Waals surface area (Å²) >= 11 is 1.35. The molecule has 88 valence electrons. The molecule has 2 rings (SSSR count). The maximum Gasteiger partial charge on any atom is 0.164 e. The number of carbonyl (C=O) groups is 2. The largest absolute Gasteiger partial charge is 0.469 e. The second kappa shape index (κ2) is 5.10. The first-order valence-electron chi connectivity index (χ1n) is 5.32. The fourth-order valence-corrected chi connectivity index (χ4v) is 2.53. The van der Waals surface area contributed by atoms with Crippen LogP contribution in [0.2, 0.25) is 0 Å². The van der Waals surface area contributed by atoms with Crippen LogP contribution >= 0.6 is 11.3 Å². The fraction of sp³-hybridized carbons (Fsp3) is 0.231. The number of rotatable bonds is 5. The van der Waals surface area contributed by atoms with Crippen LogP contribution in [-0.4, -0.2) is 12.1 Å². The van der Waals surface area contributed by atoms with E-state index < -0.39 is 0 Å². The highest BCUT2D eigenvalue weighted by molar-refractivity contribution is 7.13. The minimum absolute atomic E-state index is 0.0586. The van der Waals surface area contributed by atoms with Gasteiger partial charge in [-0.2, -0.15) is 0 Å². The smallest absolute Gasteiger partial charge is 0.164 e. The maximum absolute atomic E-state index is 11.9. The van der Waals surface area contributed by atoms with Crippen LogP contribution in [0, 0.1) is 6.92 Å². The first kappa shape index (κ1) is 11.8. The van der Waals surface area contributed by atoms with Crippen LogP contribution in [0.3, 0.4) is 0 Å². The van der Waals surface area contributed by atoms with Gasteiger partial charge in [-0.25, -0.2) is 0 Å². The summed E-state index contributed by atoms with van der Waals surface area (Å²) in [5.41, 5.74) is 0.656. The Morgan fingerprint density at radius 3 is 2.94 bits per heavy atom. The molecule has 0 bridgehead atoms. The summed E-state index contributed by atoms with van der Waals surface area (Å²) in [5, 5.41) is 0. The van der Waals surface area contributed by atoms with E-state index in [1.165, 1.54) is 11.3 Å². The lowest BCUT2D eigenvalue weighted by Gasteiger charge is -1.98. The van der Waals surface area contributed by atoms with Gasteiger partial charge in [-0.1, -0.05) is 0 Å². The number of thiophene rings is 1. The summed E-state index contributed by atoms with van der Waals surface area (Å²) in [5.74, 6) is 0.866. The number of aryl methyl sites for hydroxylation is 2. The van der Waals surface area contributed by atoms with E-state index in [0.717, 1.165) is 16.9 Å². The molecule has 0 spiro atoms. The van der Waals surface area contributed by atoms with Crippen molar-refractivity contribution in [2.75, 3.05) is 0 Å². The van der Waals surface area contributed by atoms with E-state index in [-0.39, 0.29) is 5.78 Å². The van der Waals surface area contributed by atoms with Crippen LogP contribution in [0.4, 0.5) is 0 Å². The third-order valence-corrected chi connectivity index (χ3v) is 3.51. The average Bonchev–Trinajstić information content (AvgIpc) is 2.94. The number of Topliss-reactive ketones (excluding diaryl/α,β-unsaturated/α-hetero) is 1. The zero-order valence-electron chi connectivity index (χ0n) is 9.43. The average molecular weight is 248 g/mol. The zero-order chi connectivity index (χ0) is 12.3. The predicted molar refractivity (Wildman–Crippen MR) is 65.8 cm³/mol. The van der Waals surface area contributed by atoms with Gasteiger partial charge in [0.2, 0.25) is 0 Å². The minimum Gasteiger partial charge on any atom is -0.469 e.